The van der Waals surface area contributed by atoms with Crippen LogP contribution >= 0.6 is 0 Å². The van der Waals surface area contributed by atoms with Crippen LogP contribution < -0.4 is 4.74 Å². The van der Waals surface area contributed by atoms with E-state index < -0.39 is 5.41 Å². The molecular formula is C35H39N3O5. The Balaban J connectivity index is 1.26. The van der Waals surface area contributed by atoms with Crippen LogP contribution in [0, 0.1) is 17.3 Å². The van der Waals surface area contributed by atoms with E-state index in [4.69, 9.17) is 9.47 Å². The fourth-order valence-electron chi connectivity index (χ4n) is 7.39. The van der Waals surface area contributed by atoms with Crippen molar-refractivity contribution < 1.29 is 23.9 Å². The average molecular weight is 582 g/mol. The summed E-state index contributed by atoms with van der Waals surface area (Å²) in [5.74, 6) is 0.116. The molecule has 0 radical (unpaired) electrons. The zero-order valence-corrected chi connectivity index (χ0v) is 25.0. The van der Waals surface area contributed by atoms with E-state index in [0.29, 0.717) is 44.6 Å². The van der Waals surface area contributed by atoms with Crippen molar-refractivity contribution in [2.24, 2.45) is 17.3 Å². The van der Waals surface area contributed by atoms with Gasteiger partial charge < -0.3 is 19.3 Å². The van der Waals surface area contributed by atoms with E-state index in [-0.39, 0.29) is 42.8 Å². The summed E-state index contributed by atoms with van der Waals surface area (Å²) in [6.45, 7) is 3.72. The number of aromatic nitrogens is 1. The summed E-state index contributed by atoms with van der Waals surface area (Å²) in [6, 6.07) is 19.6. The number of fused-ring (bicyclic) bond motifs is 2. The molecule has 3 aliphatic rings. The molecule has 8 nitrogen and oxygen atoms in total. The fourth-order valence-corrected chi connectivity index (χ4v) is 7.39. The second kappa shape index (κ2) is 12.2. The summed E-state index contributed by atoms with van der Waals surface area (Å²) in [4.78, 5) is 49.9. The van der Waals surface area contributed by atoms with Gasteiger partial charge in [-0.25, -0.2) is 0 Å². The Morgan fingerprint density at radius 3 is 2.60 bits per heavy atom. The number of ether oxygens (including phenoxy) is 2. The van der Waals surface area contributed by atoms with Crippen molar-refractivity contribution >= 4 is 17.8 Å². The number of rotatable bonds is 6. The first-order valence-electron chi connectivity index (χ1n) is 15.4. The molecule has 6 rings (SSSR count). The number of esters is 1. The van der Waals surface area contributed by atoms with Crippen LogP contribution in [0.3, 0.4) is 0 Å². The summed E-state index contributed by atoms with van der Waals surface area (Å²) in [6.07, 6.45) is 5.15. The minimum Gasteiger partial charge on any atom is -0.496 e. The SMILES string of the molecule is CCOC(=O)[C@]12CCCN(C(=O)C3CCc4cccc(OC)c4C3)CC1CN(C(=O)c1ncccc1-c1ccccc1)C2. The predicted octanol–water partition coefficient (Wildman–Crippen LogP) is 4.81. The second-order valence-corrected chi connectivity index (χ2v) is 12.0. The normalized spacial score (nSPS) is 23.1. The Morgan fingerprint density at radius 1 is 1.00 bits per heavy atom. The molecule has 2 saturated heterocycles. The van der Waals surface area contributed by atoms with Crippen LogP contribution in [0.15, 0.2) is 66.9 Å². The second-order valence-electron chi connectivity index (χ2n) is 12.0. The molecule has 224 valence electrons. The molecule has 8 heteroatoms. The Morgan fingerprint density at radius 2 is 1.81 bits per heavy atom. The maximum Gasteiger partial charge on any atom is 0.314 e. The van der Waals surface area contributed by atoms with Gasteiger partial charge in [-0.1, -0.05) is 48.5 Å². The van der Waals surface area contributed by atoms with Crippen molar-refractivity contribution in [1.29, 1.82) is 0 Å². The molecule has 0 N–H and O–H groups in total. The number of aryl methyl sites for hydroxylation is 1. The van der Waals surface area contributed by atoms with E-state index in [9.17, 15) is 14.4 Å². The Hall–Kier alpha value is -4.20. The minimum atomic E-state index is -0.856. The number of nitrogens with zero attached hydrogens (tertiary/aromatic N) is 3. The molecule has 2 fully saturated rings. The number of likely N-dealkylation sites (tertiary alicyclic amines) is 2. The minimum absolute atomic E-state index is 0.122. The number of hydrogen-bond acceptors (Lipinski definition) is 6. The van der Waals surface area contributed by atoms with Crippen LogP contribution in [0.5, 0.6) is 5.75 Å². The quantitative estimate of drug-likeness (QED) is 0.389. The fraction of sp³-hybridized carbons (Fsp3) is 0.429. The number of carbonyl (C=O) groups excluding carboxylic acids is 3. The van der Waals surface area contributed by atoms with Crippen molar-refractivity contribution in [3.63, 3.8) is 0 Å². The van der Waals surface area contributed by atoms with Crippen LogP contribution in [0.1, 0.15) is 47.8 Å². The third kappa shape index (κ3) is 5.39. The highest BCUT2D eigenvalue weighted by Gasteiger charge is 2.56. The Kier molecular flexibility index (Phi) is 8.19. The van der Waals surface area contributed by atoms with Gasteiger partial charge >= 0.3 is 5.97 Å². The van der Waals surface area contributed by atoms with Crippen LogP contribution in [0.25, 0.3) is 11.1 Å². The van der Waals surface area contributed by atoms with Crippen molar-refractivity contribution in [1.82, 2.24) is 14.8 Å². The maximum atomic E-state index is 14.1. The van der Waals surface area contributed by atoms with Gasteiger partial charge in [-0.05, 0) is 67.9 Å². The zero-order valence-electron chi connectivity index (χ0n) is 25.0. The van der Waals surface area contributed by atoms with Crippen LogP contribution in [-0.4, -0.2) is 72.5 Å². The Bertz CT molecular complexity index is 1490. The third-order valence-corrected chi connectivity index (χ3v) is 9.57. The third-order valence-electron chi connectivity index (χ3n) is 9.57. The monoisotopic (exact) mass is 581 g/mol. The van der Waals surface area contributed by atoms with Gasteiger partial charge in [-0.3, -0.25) is 19.4 Å². The Labute approximate surface area is 253 Å². The van der Waals surface area contributed by atoms with E-state index in [0.717, 1.165) is 35.3 Å². The number of carbonyl (C=O) groups is 3. The first-order chi connectivity index (χ1) is 20.9. The van der Waals surface area contributed by atoms with E-state index >= 15 is 0 Å². The van der Waals surface area contributed by atoms with Gasteiger partial charge in [-0.15, -0.1) is 0 Å². The van der Waals surface area contributed by atoms with Gasteiger partial charge in [0.25, 0.3) is 5.91 Å². The molecule has 0 bridgehead atoms. The molecule has 2 amide bonds. The van der Waals surface area contributed by atoms with Crippen LogP contribution in [0.2, 0.25) is 0 Å². The van der Waals surface area contributed by atoms with Gasteiger partial charge in [-0.2, -0.15) is 0 Å². The van der Waals surface area contributed by atoms with Crippen molar-refractivity contribution in [2.75, 3.05) is 39.9 Å². The van der Waals surface area contributed by atoms with Gasteiger partial charge in [0.15, 0.2) is 0 Å². The van der Waals surface area contributed by atoms with Gasteiger partial charge in [0.1, 0.15) is 11.4 Å². The first-order valence-corrected chi connectivity index (χ1v) is 15.4. The number of pyridine rings is 1. The highest BCUT2D eigenvalue weighted by Crippen LogP contribution is 2.45. The number of amides is 2. The summed E-state index contributed by atoms with van der Waals surface area (Å²) in [7, 11) is 1.67. The molecular weight excluding hydrogens is 542 g/mol. The highest BCUT2D eigenvalue weighted by atomic mass is 16.5. The van der Waals surface area contributed by atoms with Crippen molar-refractivity contribution in [2.45, 2.75) is 39.0 Å². The summed E-state index contributed by atoms with van der Waals surface area (Å²) in [5, 5.41) is 0. The van der Waals surface area contributed by atoms with Gasteiger partial charge in [0.05, 0.1) is 19.1 Å². The molecule has 2 aromatic carbocycles. The standard InChI is InChI=1S/C35H39N3O5/c1-3-43-34(41)35-17-9-19-37(32(39)26-16-15-25-12-7-14-30(42-2)29(25)20-26)21-27(35)22-38(23-35)33(40)31-28(13-8-18-36-31)24-10-5-4-6-11-24/h4-8,10-14,18,26-27H,3,9,15-17,19-23H2,1-2H3/t26?,27?,35-/m0/s1. The summed E-state index contributed by atoms with van der Waals surface area (Å²) >= 11 is 0. The van der Waals surface area contributed by atoms with E-state index in [1.54, 1.807) is 18.2 Å². The largest absolute Gasteiger partial charge is 0.496 e. The topological polar surface area (TPSA) is 89.0 Å². The van der Waals surface area contributed by atoms with Crippen molar-refractivity contribution in [3.05, 3.63) is 83.7 Å². The molecule has 3 atom stereocenters. The lowest BCUT2D eigenvalue weighted by Gasteiger charge is -2.33. The average Bonchev–Trinajstić information content (AvgIpc) is 3.32. The first kappa shape index (κ1) is 28.9. The molecule has 0 spiro atoms. The molecule has 2 aliphatic heterocycles. The van der Waals surface area contributed by atoms with Crippen molar-refractivity contribution in [3.8, 4) is 16.9 Å². The summed E-state index contributed by atoms with van der Waals surface area (Å²) < 4.78 is 11.2. The molecule has 43 heavy (non-hydrogen) atoms. The van der Waals surface area contributed by atoms with E-state index in [1.165, 1.54) is 5.56 Å². The molecule has 1 aliphatic carbocycles. The van der Waals surface area contributed by atoms with Crippen LogP contribution in [0.4, 0.5) is 0 Å². The number of methoxy groups -OCH3 is 1. The molecule has 2 unspecified atom stereocenters. The van der Waals surface area contributed by atoms with E-state index in [1.807, 2.05) is 66.4 Å². The number of benzene rings is 2. The lowest BCUT2D eigenvalue weighted by atomic mass is 9.75. The van der Waals surface area contributed by atoms with E-state index in [2.05, 4.69) is 11.1 Å². The molecule has 3 aromatic rings. The maximum absolute atomic E-state index is 14.1. The lowest BCUT2D eigenvalue weighted by Crippen LogP contribution is -2.45. The molecule has 0 saturated carbocycles. The zero-order chi connectivity index (χ0) is 30.0. The van der Waals surface area contributed by atoms with Gasteiger partial charge in [0.2, 0.25) is 5.91 Å². The number of hydrogen-bond donors (Lipinski definition) is 0. The molecule has 3 heterocycles. The molecule has 1 aromatic heterocycles. The highest BCUT2D eigenvalue weighted by molar-refractivity contribution is 5.99. The summed E-state index contributed by atoms with van der Waals surface area (Å²) in [5.41, 5.74) is 3.55. The van der Waals surface area contributed by atoms with Crippen LogP contribution in [-0.2, 0) is 27.2 Å². The van der Waals surface area contributed by atoms with Gasteiger partial charge in [0, 0.05) is 49.8 Å². The lowest BCUT2D eigenvalue weighted by molar-refractivity contribution is -0.157. The smallest absolute Gasteiger partial charge is 0.314 e. The predicted molar refractivity (Wildman–Crippen MR) is 162 cm³/mol.